The second kappa shape index (κ2) is 15.3. The van der Waals surface area contributed by atoms with Crippen molar-refractivity contribution in [3.8, 4) is 11.4 Å². The Balaban J connectivity index is 1.17. The van der Waals surface area contributed by atoms with Gasteiger partial charge in [0, 0.05) is 34.7 Å². The molecule has 6 aromatic rings. The van der Waals surface area contributed by atoms with E-state index in [2.05, 4.69) is 22.1 Å². The van der Waals surface area contributed by atoms with E-state index >= 15 is 0 Å². The van der Waals surface area contributed by atoms with Gasteiger partial charge in [-0.25, -0.2) is 4.79 Å². The molecule has 0 radical (unpaired) electrons. The standard InChI is InChI=1S/C41H39N4O6P/c1-26(2)40(48)51-20-19-29-15-18-37(46)36(23-29)45-43-34-17-16-31(24-35(34)44-45)39(47)42-25-30-21-27(3)38(28(4)22-30)41(49)52(50,32-11-7-5-8-12-32)33-13-9-6-10-14-33/h5-18,21-24,39,42,46-47H,1,19-20,25H2,2-4H3. The van der Waals surface area contributed by atoms with Crippen molar-refractivity contribution in [2.45, 2.75) is 40.0 Å². The van der Waals surface area contributed by atoms with Gasteiger partial charge in [0.25, 0.3) is 0 Å². The zero-order valence-electron chi connectivity index (χ0n) is 29.1. The van der Waals surface area contributed by atoms with Crippen LogP contribution in [0.1, 0.15) is 51.3 Å². The minimum absolute atomic E-state index is 0.0221. The second-order valence-corrected chi connectivity index (χ2v) is 15.4. The third kappa shape index (κ3) is 7.50. The van der Waals surface area contributed by atoms with Crippen molar-refractivity contribution >= 4 is 40.3 Å². The summed E-state index contributed by atoms with van der Waals surface area (Å²) in [4.78, 5) is 27.3. The number of aryl methyl sites for hydroxylation is 2. The van der Waals surface area contributed by atoms with E-state index in [1.54, 1.807) is 85.8 Å². The van der Waals surface area contributed by atoms with Crippen molar-refractivity contribution in [2.75, 3.05) is 6.61 Å². The third-order valence-corrected chi connectivity index (χ3v) is 11.6. The number of phenols is 1. The molecule has 0 aliphatic carbocycles. The van der Waals surface area contributed by atoms with E-state index in [1.807, 2.05) is 38.1 Å². The maximum atomic E-state index is 14.7. The lowest BCUT2D eigenvalue weighted by Crippen LogP contribution is -2.24. The van der Waals surface area contributed by atoms with E-state index in [1.165, 1.54) is 10.9 Å². The van der Waals surface area contributed by atoms with Gasteiger partial charge in [-0.2, -0.15) is 0 Å². The van der Waals surface area contributed by atoms with E-state index in [0.29, 0.717) is 68.1 Å². The number of aliphatic hydroxyl groups is 1. The lowest BCUT2D eigenvalue weighted by Gasteiger charge is -2.21. The van der Waals surface area contributed by atoms with Crippen LogP contribution in [-0.4, -0.2) is 43.3 Å². The van der Waals surface area contributed by atoms with Crippen molar-refractivity contribution < 1.29 is 29.1 Å². The van der Waals surface area contributed by atoms with E-state index in [-0.39, 0.29) is 12.4 Å². The molecule has 0 saturated heterocycles. The highest BCUT2D eigenvalue weighted by atomic mass is 31.2. The first kappa shape index (κ1) is 36.1. The van der Waals surface area contributed by atoms with Gasteiger partial charge in [-0.3, -0.25) is 10.1 Å². The molecule has 6 rings (SSSR count). The van der Waals surface area contributed by atoms with Gasteiger partial charge in [0.2, 0.25) is 12.7 Å². The summed E-state index contributed by atoms with van der Waals surface area (Å²) in [7, 11) is -3.67. The van der Waals surface area contributed by atoms with Crippen LogP contribution in [0.5, 0.6) is 5.75 Å². The summed E-state index contributed by atoms with van der Waals surface area (Å²) in [6, 6.07) is 31.7. The molecule has 1 atom stereocenters. The highest BCUT2D eigenvalue weighted by molar-refractivity contribution is 7.93. The van der Waals surface area contributed by atoms with Crippen molar-refractivity contribution in [3.63, 3.8) is 0 Å². The molecule has 3 N–H and O–H groups in total. The van der Waals surface area contributed by atoms with Gasteiger partial charge in [-0.05, 0) is 72.9 Å². The summed E-state index contributed by atoms with van der Waals surface area (Å²) in [6.45, 7) is 9.29. The molecule has 0 bridgehead atoms. The molecule has 11 heteroatoms. The molecule has 1 aromatic heterocycles. The molecule has 52 heavy (non-hydrogen) atoms. The van der Waals surface area contributed by atoms with Crippen LogP contribution in [0.4, 0.5) is 0 Å². The Kier molecular flexibility index (Phi) is 10.6. The van der Waals surface area contributed by atoms with Gasteiger partial charge >= 0.3 is 5.97 Å². The fraction of sp³-hybridized carbons (Fsp3) is 0.171. The van der Waals surface area contributed by atoms with Crippen LogP contribution in [0.25, 0.3) is 16.7 Å². The quantitative estimate of drug-likeness (QED) is 0.0541. The predicted molar refractivity (Wildman–Crippen MR) is 202 cm³/mol. The van der Waals surface area contributed by atoms with Gasteiger partial charge in [-0.1, -0.05) is 91.5 Å². The fourth-order valence-corrected chi connectivity index (χ4v) is 8.74. The predicted octanol–water partition coefficient (Wildman–Crippen LogP) is 6.34. The number of aliphatic hydroxyl groups excluding tert-OH is 1. The Morgan fingerprint density at radius 2 is 1.46 bits per heavy atom. The molecule has 264 valence electrons. The number of benzene rings is 5. The molecule has 0 amide bonds. The maximum Gasteiger partial charge on any atom is 0.333 e. The molecule has 10 nitrogen and oxygen atoms in total. The Bertz CT molecular complexity index is 2270. The first-order chi connectivity index (χ1) is 24.9. The number of aromatic nitrogens is 3. The SMILES string of the molecule is C=C(C)C(=O)OCCc1ccc(O)c(-n2nc3ccc(C(O)NCc4cc(C)c(C(=O)P(=O)(c5ccccc5)c5ccccc5)c(C)c4)cc3n2)c1. The van der Waals surface area contributed by atoms with Crippen LogP contribution in [0.2, 0.25) is 0 Å². The van der Waals surface area contributed by atoms with Crippen molar-refractivity contribution in [3.05, 3.63) is 155 Å². The Morgan fingerprint density at radius 3 is 2.08 bits per heavy atom. The Morgan fingerprint density at radius 1 is 0.846 bits per heavy atom. The van der Waals surface area contributed by atoms with Crippen molar-refractivity contribution in [1.29, 1.82) is 0 Å². The van der Waals surface area contributed by atoms with Gasteiger partial charge in [-0.15, -0.1) is 15.0 Å². The molecule has 0 aliphatic rings. The van der Waals surface area contributed by atoms with Gasteiger partial charge in [0.1, 0.15) is 28.7 Å². The largest absolute Gasteiger partial charge is 0.506 e. The van der Waals surface area contributed by atoms with E-state index < -0.39 is 24.9 Å². The number of aromatic hydroxyl groups is 1. The minimum atomic E-state index is -3.67. The van der Waals surface area contributed by atoms with E-state index in [0.717, 1.165) is 11.1 Å². The summed E-state index contributed by atoms with van der Waals surface area (Å²) in [5, 5.41) is 34.8. The number of phenolic OH excluding ortho intramolecular Hbond substituents is 1. The van der Waals surface area contributed by atoms with Crippen LogP contribution >= 0.6 is 7.14 Å². The average molecular weight is 715 g/mol. The number of fused-ring (bicyclic) bond motifs is 1. The topological polar surface area (TPSA) is 144 Å². The third-order valence-electron chi connectivity index (χ3n) is 8.78. The number of esters is 1. The lowest BCUT2D eigenvalue weighted by molar-refractivity contribution is -0.138. The summed E-state index contributed by atoms with van der Waals surface area (Å²) >= 11 is 0. The smallest absolute Gasteiger partial charge is 0.333 e. The number of carbonyl (C=O) groups is 2. The molecule has 0 fully saturated rings. The number of carbonyl (C=O) groups excluding carboxylic acids is 2. The summed E-state index contributed by atoms with van der Waals surface area (Å²) < 4.78 is 19.9. The zero-order valence-corrected chi connectivity index (χ0v) is 30.0. The number of hydrogen-bond donors (Lipinski definition) is 3. The maximum absolute atomic E-state index is 14.7. The summed E-state index contributed by atoms with van der Waals surface area (Å²) in [5.41, 5.74) is 5.37. The van der Waals surface area contributed by atoms with Gasteiger partial charge < -0.3 is 19.5 Å². The lowest BCUT2D eigenvalue weighted by atomic mass is 10.00. The fourth-order valence-electron chi connectivity index (χ4n) is 6.12. The number of rotatable bonds is 13. The van der Waals surface area contributed by atoms with E-state index in [4.69, 9.17) is 4.74 Å². The molecular weight excluding hydrogens is 675 g/mol. The monoisotopic (exact) mass is 714 g/mol. The number of hydrogen-bond acceptors (Lipinski definition) is 9. The highest BCUT2D eigenvalue weighted by Gasteiger charge is 2.38. The number of nitrogens with one attached hydrogen (secondary N) is 1. The molecule has 1 unspecified atom stereocenters. The minimum Gasteiger partial charge on any atom is -0.506 e. The van der Waals surface area contributed by atoms with Crippen molar-refractivity contribution in [1.82, 2.24) is 20.3 Å². The van der Waals surface area contributed by atoms with Crippen LogP contribution < -0.4 is 15.9 Å². The van der Waals surface area contributed by atoms with Gasteiger partial charge in [0.05, 0.1) is 6.61 Å². The van der Waals surface area contributed by atoms with Crippen molar-refractivity contribution in [2.24, 2.45) is 0 Å². The highest BCUT2D eigenvalue weighted by Crippen LogP contribution is 2.48. The first-order valence-electron chi connectivity index (χ1n) is 16.8. The van der Waals surface area contributed by atoms with Crippen LogP contribution in [0.3, 0.4) is 0 Å². The van der Waals surface area contributed by atoms with Crippen LogP contribution in [0.15, 0.2) is 121 Å². The van der Waals surface area contributed by atoms with Crippen LogP contribution in [0, 0.1) is 13.8 Å². The molecule has 0 saturated carbocycles. The molecule has 5 aromatic carbocycles. The Labute approximate surface area is 301 Å². The summed E-state index contributed by atoms with van der Waals surface area (Å²) in [5.74, 6) is -0.483. The first-order valence-corrected chi connectivity index (χ1v) is 18.5. The normalized spacial score (nSPS) is 12.1. The number of nitrogens with zero attached hydrogens (tertiary/aromatic N) is 3. The molecule has 1 heterocycles. The number of ether oxygens (including phenoxy) is 1. The second-order valence-electron chi connectivity index (χ2n) is 12.7. The molecule has 0 spiro atoms. The summed E-state index contributed by atoms with van der Waals surface area (Å²) in [6.07, 6.45) is -0.624. The zero-order chi connectivity index (χ0) is 37.0. The Hall–Kier alpha value is -5.67. The average Bonchev–Trinajstić information content (AvgIpc) is 3.58. The van der Waals surface area contributed by atoms with E-state index in [9.17, 15) is 24.4 Å². The molecular formula is C41H39N4O6P. The van der Waals surface area contributed by atoms with Gasteiger partial charge in [0.15, 0.2) is 0 Å². The molecule has 0 aliphatic heterocycles. The van der Waals surface area contributed by atoms with Crippen LogP contribution in [-0.2, 0) is 27.1 Å².